The quantitative estimate of drug-likeness (QED) is 0.0738. The van der Waals surface area contributed by atoms with Gasteiger partial charge in [0.1, 0.15) is 11.4 Å². The first-order chi connectivity index (χ1) is 34.9. The fourth-order valence-corrected chi connectivity index (χ4v) is 5.58. The van der Waals surface area contributed by atoms with E-state index in [1.54, 1.807) is 81.0 Å². The first-order valence-corrected chi connectivity index (χ1v) is 21.8. The molecule has 8 aromatic rings. The van der Waals surface area contributed by atoms with Gasteiger partial charge in [0.2, 0.25) is 0 Å². The molecule has 0 spiro atoms. The van der Waals surface area contributed by atoms with Crippen molar-refractivity contribution in [3.05, 3.63) is 186 Å². The number of aryl methyl sites for hydroxylation is 3. The Kier molecular flexibility index (Phi) is 33.8. The van der Waals surface area contributed by atoms with E-state index < -0.39 is 5.97 Å². The molecular weight excluding hydrogens is 1520 g/mol. The maximum absolute atomic E-state index is 12.8. The molecule has 0 fully saturated rings. The van der Waals surface area contributed by atoms with Crippen LogP contribution in [0.2, 0.25) is 0 Å². The van der Waals surface area contributed by atoms with E-state index in [1.165, 1.54) is 76.1 Å². The molecule has 0 saturated heterocycles. The van der Waals surface area contributed by atoms with Crippen LogP contribution >= 0.6 is 0 Å². The Bertz CT molecular complexity index is 2710. The van der Waals surface area contributed by atoms with Crippen molar-refractivity contribution in [3.63, 3.8) is 0 Å². The molecule has 4 N–H and O–H groups in total. The van der Waals surface area contributed by atoms with Gasteiger partial charge >= 0.3 is 5.97 Å². The zero-order valence-corrected chi connectivity index (χ0v) is 49.3. The molecule has 4 aromatic carbocycles. The van der Waals surface area contributed by atoms with E-state index in [1.807, 2.05) is 20.8 Å². The van der Waals surface area contributed by atoms with Gasteiger partial charge in [0.25, 0.3) is 0 Å². The van der Waals surface area contributed by atoms with Gasteiger partial charge < -0.3 is 34.6 Å². The van der Waals surface area contributed by atoms with Gasteiger partial charge in [-0.3, -0.25) is 32.9 Å². The number of phenols is 1. The smallest absolute Gasteiger partial charge is 0.354 e. The van der Waals surface area contributed by atoms with Gasteiger partial charge in [-0.1, -0.05) is 18.2 Å². The summed E-state index contributed by atoms with van der Waals surface area (Å²) < 4.78 is 53.6. The number of para-hydroxylation sites is 1. The van der Waals surface area contributed by atoms with Crippen molar-refractivity contribution in [2.24, 2.45) is 0 Å². The molecule has 76 heavy (non-hydrogen) atoms. The van der Waals surface area contributed by atoms with E-state index in [-0.39, 0.29) is 101 Å². The molecule has 0 aliphatic carbocycles. The van der Waals surface area contributed by atoms with Crippen LogP contribution in [0.25, 0.3) is 33.8 Å². The SMILES string of the molecule is CC(O)CC(C)O.COc1nc(C)cnc1-c1[c-]cc(F)cc1.COc1nc(C)cnc1-c1[c-]cc(F)cc1.COc1nc(C)cnc1-c1[c-]cc(F)cc1.O=C(O)c1ccccn1.O=Cc1ccccc1O.[Ir].[Ir].[Ir]. The van der Waals surface area contributed by atoms with E-state index in [0.29, 0.717) is 69.7 Å². The van der Waals surface area contributed by atoms with Crippen molar-refractivity contribution in [1.29, 1.82) is 0 Å². The molecule has 3 radical (unpaired) electrons. The number of nitrogens with zero attached hydrogens (tertiary/aromatic N) is 7. The number of hydrogen-bond acceptors (Lipinski definition) is 15. The second-order valence-corrected chi connectivity index (χ2v) is 15.0. The second-order valence-electron chi connectivity index (χ2n) is 15.0. The van der Waals surface area contributed by atoms with Crippen molar-refractivity contribution in [1.82, 2.24) is 34.9 Å². The molecular formula is C54H53F3Ir3N7O9-3. The number of carboxylic acids is 1. The van der Waals surface area contributed by atoms with Crippen molar-refractivity contribution in [2.45, 2.75) is 53.2 Å². The Morgan fingerprint density at radius 2 is 0.934 bits per heavy atom. The monoisotopic (exact) mass is 1580 g/mol. The second kappa shape index (κ2) is 37.1. The number of aromatic carboxylic acids is 1. The van der Waals surface area contributed by atoms with Gasteiger partial charge in [-0.05, 0) is 65.3 Å². The minimum atomic E-state index is -0.990. The number of pyridine rings is 1. The summed E-state index contributed by atoms with van der Waals surface area (Å²) >= 11 is 0. The third-order valence-electron chi connectivity index (χ3n) is 8.88. The van der Waals surface area contributed by atoms with Crippen LogP contribution in [0.15, 0.2) is 122 Å². The summed E-state index contributed by atoms with van der Waals surface area (Å²) in [5, 5.41) is 34.3. The predicted molar refractivity (Wildman–Crippen MR) is 265 cm³/mol. The van der Waals surface area contributed by atoms with Crippen LogP contribution in [-0.2, 0) is 60.3 Å². The fourth-order valence-electron chi connectivity index (χ4n) is 5.58. The number of ether oxygens (including phenoxy) is 3. The van der Waals surface area contributed by atoms with E-state index in [2.05, 4.69) is 53.1 Å². The van der Waals surface area contributed by atoms with Crippen LogP contribution in [0.3, 0.4) is 0 Å². The van der Waals surface area contributed by atoms with Crippen molar-refractivity contribution >= 4 is 12.3 Å². The Balaban J connectivity index is 0.000000904. The number of aliphatic hydroxyl groups excluding tert-OH is 2. The summed E-state index contributed by atoms with van der Waals surface area (Å²) in [4.78, 5) is 49.0. The largest absolute Gasteiger partial charge is 0.507 e. The van der Waals surface area contributed by atoms with Gasteiger partial charge in [0.05, 0.1) is 56.2 Å². The Morgan fingerprint density at radius 1 is 0.579 bits per heavy atom. The first-order valence-electron chi connectivity index (χ1n) is 21.8. The molecule has 2 unspecified atom stereocenters. The molecule has 409 valence electrons. The molecule has 0 bridgehead atoms. The van der Waals surface area contributed by atoms with Crippen LogP contribution in [0.4, 0.5) is 13.2 Å². The summed E-state index contributed by atoms with van der Waals surface area (Å²) in [5.41, 5.74) is 6.37. The maximum atomic E-state index is 12.8. The molecule has 0 aliphatic rings. The molecule has 16 nitrogen and oxygen atoms in total. The Morgan fingerprint density at radius 3 is 1.16 bits per heavy atom. The predicted octanol–water partition coefficient (Wildman–Crippen LogP) is 9.31. The number of phenolic OH excluding ortho intramolecular Hbond substituents is 1. The van der Waals surface area contributed by atoms with Gasteiger partial charge in [-0.2, -0.15) is 0 Å². The Hall–Kier alpha value is -6.73. The average molecular weight is 1580 g/mol. The molecule has 22 heteroatoms. The Labute approximate surface area is 479 Å². The summed E-state index contributed by atoms with van der Waals surface area (Å²) in [6.45, 7) is 8.80. The summed E-state index contributed by atoms with van der Waals surface area (Å²) in [6.07, 6.45) is 6.69. The number of aromatic hydroxyl groups is 1. The molecule has 0 aliphatic heterocycles. The maximum Gasteiger partial charge on any atom is 0.354 e. The summed E-state index contributed by atoms with van der Waals surface area (Å²) in [5.74, 6) is -0.690. The number of benzene rings is 4. The van der Waals surface area contributed by atoms with E-state index in [0.717, 1.165) is 17.1 Å². The molecule has 8 rings (SSSR count). The zero-order chi connectivity index (χ0) is 53.9. The number of aldehydes is 1. The van der Waals surface area contributed by atoms with Gasteiger partial charge in [0, 0.05) is 120 Å². The molecule has 4 heterocycles. The number of hydrogen-bond donors (Lipinski definition) is 4. The number of carbonyl (C=O) groups is 2. The van der Waals surface area contributed by atoms with Crippen molar-refractivity contribution in [3.8, 4) is 57.2 Å². The zero-order valence-electron chi connectivity index (χ0n) is 42.1. The first kappa shape index (κ1) is 69.3. The van der Waals surface area contributed by atoms with Crippen LogP contribution in [-0.4, -0.2) is 101 Å². The molecule has 4 aromatic heterocycles. The third kappa shape index (κ3) is 24.7. The standard InChI is InChI=1S/3C12H10FN2O.C7H6O2.C6H5NO2.C5H12O2.3Ir/c3*1-8-7-14-11(12(15-8)16-2)9-3-5-10(13)6-4-9;8-5-6-3-1-2-4-7(6)9;8-6(9)5-3-1-2-4-7-5;1-4(6)3-5(2)7;;;/h3*3,5-7H,1-2H3;1-5,9H;1-4H,(H,8,9);4-7H,3H2,1-2H3;;;/q3*-1;;;;;;. The average Bonchev–Trinajstić information content (AvgIpc) is 3.38. The number of carbonyl (C=O) groups excluding carboxylic acids is 1. The van der Waals surface area contributed by atoms with Gasteiger partial charge in [-0.25, -0.2) is 24.7 Å². The van der Waals surface area contributed by atoms with E-state index >= 15 is 0 Å². The fraction of sp³-hybridized carbons (Fsp3) is 0.204. The number of rotatable bonds is 10. The summed E-state index contributed by atoms with van der Waals surface area (Å²) in [6, 6.07) is 32.2. The number of carboxylic acid groups (broad SMARTS) is 1. The van der Waals surface area contributed by atoms with Crippen LogP contribution in [0.1, 0.15) is 58.2 Å². The van der Waals surface area contributed by atoms with Crippen molar-refractivity contribution < 1.29 is 118 Å². The molecule has 0 saturated carbocycles. The number of aliphatic hydroxyl groups is 2. The molecule has 0 amide bonds. The van der Waals surface area contributed by atoms with Crippen LogP contribution < -0.4 is 14.2 Å². The minimum absolute atomic E-state index is 0. The van der Waals surface area contributed by atoms with Crippen LogP contribution in [0, 0.1) is 56.4 Å². The van der Waals surface area contributed by atoms with Gasteiger partial charge in [0.15, 0.2) is 23.9 Å². The minimum Gasteiger partial charge on any atom is -0.507 e. The number of aromatic nitrogens is 7. The third-order valence-corrected chi connectivity index (χ3v) is 8.88. The normalized spacial score (nSPS) is 10.3. The topological polar surface area (TPSA) is 233 Å². The summed E-state index contributed by atoms with van der Waals surface area (Å²) in [7, 11) is 4.57. The molecule has 2 atom stereocenters. The number of halogens is 3. The van der Waals surface area contributed by atoms with Gasteiger partial charge in [-0.15, -0.1) is 89.5 Å². The van der Waals surface area contributed by atoms with E-state index in [9.17, 15) is 22.8 Å². The number of methoxy groups -OCH3 is 3. The van der Waals surface area contributed by atoms with E-state index in [4.69, 9.17) is 34.6 Å². The van der Waals surface area contributed by atoms with Crippen molar-refractivity contribution in [2.75, 3.05) is 21.3 Å². The van der Waals surface area contributed by atoms with Crippen LogP contribution in [0.5, 0.6) is 23.4 Å².